The van der Waals surface area contributed by atoms with Gasteiger partial charge >= 0.3 is 18.0 Å². The number of ether oxygens (including phenoxy) is 3. The molecule has 1 N–H and O–H groups in total. The van der Waals surface area contributed by atoms with Gasteiger partial charge in [-0.25, -0.2) is 22.2 Å². The number of nitrogens with one attached hydrogen (secondary N) is 1. The molecule has 0 unspecified atom stereocenters. The van der Waals surface area contributed by atoms with Crippen molar-refractivity contribution in [2.45, 2.75) is 75.3 Å². The lowest BCUT2D eigenvalue weighted by Gasteiger charge is -2.29. The molecule has 1 aromatic heterocycles. The van der Waals surface area contributed by atoms with Crippen LogP contribution in [0, 0.1) is 12.8 Å². The van der Waals surface area contributed by atoms with Gasteiger partial charge in [0.25, 0.3) is 10.0 Å². The Morgan fingerprint density at radius 1 is 1.05 bits per heavy atom. The lowest BCUT2D eigenvalue weighted by molar-refractivity contribution is -0.163. The second kappa shape index (κ2) is 11.1. The van der Waals surface area contributed by atoms with E-state index >= 15 is 0 Å². The number of carbonyl (C=O) groups excluding carboxylic acids is 3. The summed E-state index contributed by atoms with van der Waals surface area (Å²) in [6.45, 7) is 7.14. The smallest absolute Gasteiger partial charge is 0.407 e. The molecule has 1 heterocycles. The molecule has 1 aromatic carbocycles. The van der Waals surface area contributed by atoms with Gasteiger partial charge in [0.15, 0.2) is 0 Å². The van der Waals surface area contributed by atoms with Crippen LogP contribution in [-0.2, 0) is 39.2 Å². The SMILES string of the molecule is COC(=O)C(C[C@@H]1CC[C@H](NC(=O)OC(C)(C)C)C1)(C(=O)OC)c1cn(S(=O)(=O)c2ccc(C)cc2)cn1. The molecule has 1 aliphatic rings. The van der Waals surface area contributed by atoms with Crippen molar-refractivity contribution in [1.82, 2.24) is 14.3 Å². The Morgan fingerprint density at radius 3 is 2.21 bits per heavy atom. The fourth-order valence-electron chi connectivity index (χ4n) is 4.70. The maximum Gasteiger partial charge on any atom is 0.407 e. The van der Waals surface area contributed by atoms with Crippen LogP contribution in [0.4, 0.5) is 4.79 Å². The van der Waals surface area contributed by atoms with Crippen molar-refractivity contribution in [3.8, 4) is 0 Å². The second-order valence-corrected chi connectivity index (χ2v) is 12.4. The Morgan fingerprint density at radius 2 is 1.66 bits per heavy atom. The minimum atomic E-state index is -4.04. The van der Waals surface area contributed by atoms with Crippen LogP contribution in [-0.4, -0.2) is 61.3 Å². The number of amides is 1. The molecule has 0 saturated heterocycles. The standard InChI is InChI=1S/C26H35N3O8S/c1-17-7-11-20(12-8-17)38(33,34)29-15-21(27-16-29)26(22(30)35-5,23(31)36-6)14-18-9-10-19(13-18)28-24(32)37-25(2,3)4/h7-8,11-12,15-16,18-19H,9-10,13-14H2,1-6H3,(H,28,32)/t18-,19+/m1/s1. The Labute approximate surface area is 222 Å². The van der Waals surface area contributed by atoms with Gasteiger partial charge in [0.1, 0.15) is 11.9 Å². The van der Waals surface area contributed by atoms with Crippen molar-refractivity contribution in [2.75, 3.05) is 14.2 Å². The number of carbonyl (C=O) groups is 3. The number of rotatable bonds is 8. The molecule has 2 atom stereocenters. The van der Waals surface area contributed by atoms with E-state index in [1.165, 1.54) is 12.1 Å². The average Bonchev–Trinajstić information content (AvgIpc) is 3.51. The fourth-order valence-corrected chi connectivity index (χ4v) is 5.83. The molecular weight excluding hydrogens is 514 g/mol. The minimum absolute atomic E-state index is 0.0284. The van der Waals surface area contributed by atoms with E-state index in [2.05, 4.69) is 10.3 Å². The van der Waals surface area contributed by atoms with Crippen molar-refractivity contribution < 1.29 is 37.0 Å². The summed E-state index contributed by atoms with van der Waals surface area (Å²) in [5.41, 5.74) is -1.86. The molecule has 0 radical (unpaired) electrons. The molecule has 1 aliphatic carbocycles. The van der Waals surface area contributed by atoms with Gasteiger partial charge in [0.05, 0.1) is 24.8 Å². The molecular formula is C26H35N3O8S. The van der Waals surface area contributed by atoms with Gasteiger partial charge in [0.2, 0.25) is 5.41 Å². The molecule has 2 aromatic rings. The zero-order valence-corrected chi connectivity index (χ0v) is 23.3. The normalized spacial score (nSPS) is 18.1. The van der Waals surface area contributed by atoms with Gasteiger partial charge in [0, 0.05) is 12.2 Å². The molecule has 11 nitrogen and oxygen atoms in total. The van der Waals surface area contributed by atoms with Crippen molar-refractivity contribution in [1.29, 1.82) is 0 Å². The molecule has 3 rings (SSSR count). The number of methoxy groups -OCH3 is 2. The average molecular weight is 550 g/mol. The molecule has 208 valence electrons. The molecule has 0 spiro atoms. The van der Waals surface area contributed by atoms with Gasteiger partial charge < -0.3 is 19.5 Å². The van der Waals surface area contributed by atoms with Crippen LogP contribution in [0.3, 0.4) is 0 Å². The van der Waals surface area contributed by atoms with E-state index in [1.807, 2.05) is 6.92 Å². The highest BCUT2D eigenvalue weighted by molar-refractivity contribution is 7.90. The number of aromatic nitrogens is 2. The summed E-state index contributed by atoms with van der Waals surface area (Å²) in [5.74, 6) is -2.02. The fraction of sp³-hybridized carbons (Fsp3) is 0.538. The predicted octanol–water partition coefficient (Wildman–Crippen LogP) is 3.10. The lowest BCUT2D eigenvalue weighted by Crippen LogP contribution is -2.47. The number of imidazole rings is 1. The number of aryl methyl sites for hydroxylation is 1. The van der Waals surface area contributed by atoms with Crippen LogP contribution in [0.5, 0.6) is 0 Å². The number of benzene rings is 1. The topological polar surface area (TPSA) is 143 Å². The molecule has 1 fully saturated rings. The lowest BCUT2D eigenvalue weighted by atomic mass is 9.76. The first-order chi connectivity index (χ1) is 17.7. The van der Waals surface area contributed by atoms with E-state index in [9.17, 15) is 22.8 Å². The Hall–Kier alpha value is -3.41. The first kappa shape index (κ1) is 29.2. The van der Waals surface area contributed by atoms with E-state index < -0.39 is 39.1 Å². The minimum Gasteiger partial charge on any atom is -0.468 e. The van der Waals surface area contributed by atoms with Crippen LogP contribution >= 0.6 is 0 Å². The third kappa shape index (κ3) is 6.17. The number of nitrogens with zero attached hydrogens (tertiary/aromatic N) is 2. The van der Waals surface area contributed by atoms with Gasteiger partial charge in [-0.05, 0) is 71.4 Å². The number of alkyl carbamates (subject to hydrolysis) is 1. The quantitative estimate of drug-likeness (QED) is 0.298. The number of hydrogen-bond acceptors (Lipinski definition) is 9. The molecule has 1 amide bonds. The summed E-state index contributed by atoms with van der Waals surface area (Å²) in [6.07, 6.45) is 3.28. The Balaban J connectivity index is 1.92. The van der Waals surface area contributed by atoms with Gasteiger partial charge in [-0.1, -0.05) is 17.7 Å². The first-order valence-corrected chi connectivity index (χ1v) is 13.7. The zero-order chi connectivity index (χ0) is 28.3. The summed E-state index contributed by atoms with van der Waals surface area (Å²) in [6, 6.07) is 6.05. The van der Waals surface area contributed by atoms with E-state index in [0.717, 1.165) is 36.3 Å². The van der Waals surface area contributed by atoms with Crippen molar-refractivity contribution in [3.63, 3.8) is 0 Å². The summed E-state index contributed by atoms with van der Waals surface area (Å²) < 4.78 is 42.6. The monoisotopic (exact) mass is 549 g/mol. The third-order valence-electron chi connectivity index (χ3n) is 6.52. The molecule has 38 heavy (non-hydrogen) atoms. The van der Waals surface area contributed by atoms with E-state index in [0.29, 0.717) is 19.3 Å². The summed E-state index contributed by atoms with van der Waals surface area (Å²) in [5, 5.41) is 2.83. The number of hydrogen-bond donors (Lipinski definition) is 1. The van der Waals surface area contributed by atoms with E-state index in [-0.39, 0.29) is 29.0 Å². The van der Waals surface area contributed by atoms with Gasteiger partial charge in [-0.2, -0.15) is 0 Å². The van der Waals surface area contributed by atoms with Crippen molar-refractivity contribution >= 4 is 28.1 Å². The Kier molecular flexibility index (Phi) is 8.55. The van der Waals surface area contributed by atoms with Crippen LogP contribution in [0.1, 0.15) is 57.7 Å². The first-order valence-electron chi connectivity index (χ1n) is 12.3. The maximum atomic E-state index is 13.2. The summed E-state index contributed by atoms with van der Waals surface area (Å²) in [7, 11) is -1.76. The van der Waals surface area contributed by atoms with Crippen LogP contribution in [0.15, 0.2) is 41.7 Å². The van der Waals surface area contributed by atoms with Crippen LogP contribution < -0.4 is 5.32 Å². The number of esters is 2. The molecule has 12 heteroatoms. The van der Waals surface area contributed by atoms with Crippen LogP contribution in [0.2, 0.25) is 0 Å². The van der Waals surface area contributed by atoms with Gasteiger partial charge in [-0.15, -0.1) is 0 Å². The highest BCUT2D eigenvalue weighted by Crippen LogP contribution is 2.40. The zero-order valence-electron chi connectivity index (χ0n) is 22.5. The van der Waals surface area contributed by atoms with E-state index in [4.69, 9.17) is 14.2 Å². The Bertz CT molecular complexity index is 1260. The predicted molar refractivity (Wildman–Crippen MR) is 137 cm³/mol. The summed E-state index contributed by atoms with van der Waals surface area (Å²) in [4.78, 5) is 42.8. The second-order valence-electron chi connectivity index (χ2n) is 10.5. The van der Waals surface area contributed by atoms with Crippen molar-refractivity contribution in [2.24, 2.45) is 5.92 Å². The molecule has 0 bridgehead atoms. The van der Waals surface area contributed by atoms with Crippen LogP contribution in [0.25, 0.3) is 0 Å². The molecule has 1 saturated carbocycles. The molecule has 0 aliphatic heterocycles. The maximum absolute atomic E-state index is 13.2. The third-order valence-corrected chi connectivity index (χ3v) is 8.14. The van der Waals surface area contributed by atoms with E-state index in [1.54, 1.807) is 32.9 Å². The largest absolute Gasteiger partial charge is 0.468 e. The highest BCUT2D eigenvalue weighted by Gasteiger charge is 2.54. The van der Waals surface area contributed by atoms with Crippen molar-refractivity contribution in [3.05, 3.63) is 48.0 Å². The van der Waals surface area contributed by atoms with Gasteiger partial charge in [-0.3, -0.25) is 9.59 Å². The summed E-state index contributed by atoms with van der Waals surface area (Å²) >= 11 is 0. The highest BCUT2D eigenvalue weighted by atomic mass is 32.2.